The highest BCUT2D eigenvalue weighted by Gasteiger charge is 2.28. The highest BCUT2D eigenvalue weighted by Crippen LogP contribution is 2.33. The molecule has 1 aromatic carbocycles. The zero-order valence-electron chi connectivity index (χ0n) is 8.99. The van der Waals surface area contributed by atoms with Crippen LogP contribution in [0.15, 0.2) is 24.3 Å². The van der Waals surface area contributed by atoms with Gasteiger partial charge in [0.15, 0.2) is 0 Å². The Balaban J connectivity index is 2.26. The van der Waals surface area contributed by atoms with Gasteiger partial charge in [-0.25, -0.2) is 4.79 Å². The van der Waals surface area contributed by atoms with Crippen LogP contribution in [-0.2, 0) is 9.53 Å². The first-order valence-corrected chi connectivity index (χ1v) is 5.15. The van der Waals surface area contributed by atoms with Crippen molar-refractivity contribution < 1.29 is 9.53 Å². The molecule has 0 fully saturated rings. The molecular formula is C12H15NO2. The molecule has 3 nitrogen and oxygen atoms in total. The first-order valence-electron chi connectivity index (χ1n) is 5.15. The number of hydrogen-bond donors (Lipinski definition) is 1. The van der Waals surface area contributed by atoms with Gasteiger partial charge in [-0.3, -0.25) is 0 Å². The number of anilines is 1. The van der Waals surface area contributed by atoms with E-state index in [1.165, 1.54) is 12.7 Å². The van der Waals surface area contributed by atoms with E-state index in [1.54, 1.807) is 0 Å². The number of para-hydroxylation sites is 1. The summed E-state index contributed by atoms with van der Waals surface area (Å²) in [5.41, 5.74) is 2.32. The van der Waals surface area contributed by atoms with Gasteiger partial charge in [0.05, 0.1) is 7.11 Å². The van der Waals surface area contributed by atoms with Gasteiger partial charge in [-0.2, -0.15) is 0 Å². The van der Waals surface area contributed by atoms with Gasteiger partial charge in [0, 0.05) is 5.69 Å². The molecule has 1 aliphatic rings. The van der Waals surface area contributed by atoms with E-state index < -0.39 is 0 Å². The van der Waals surface area contributed by atoms with Crippen LogP contribution in [-0.4, -0.2) is 19.1 Å². The Labute approximate surface area is 89.4 Å². The first kappa shape index (κ1) is 10.0. The smallest absolute Gasteiger partial charge is 0.328 e. The number of esters is 1. The van der Waals surface area contributed by atoms with Crippen molar-refractivity contribution in [3.8, 4) is 0 Å². The number of methoxy groups -OCH3 is 1. The van der Waals surface area contributed by atoms with E-state index in [0.29, 0.717) is 5.92 Å². The summed E-state index contributed by atoms with van der Waals surface area (Å²) in [4.78, 5) is 11.4. The molecule has 0 aromatic heterocycles. The third-order valence-corrected chi connectivity index (χ3v) is 2.90. The molecule has 0 spiro atoms. The van der Waals surface area contributed by atoms with Crippen LogP contribution in [0, 0.1) is 0 Å². The van der Waals surface area contributed by atoms with Gasteiger partial charge >= 0.3 is 5.97 Å². The number of hydrogen-bond acceptors (Lipinski definition) is 3. The second kappa shape index (κ2) is 3.93. The van der Waals surface area contributed by atoms with Gasteiger partial charge in [-0.15, -0.1) is 0 Å². The second-order valence-corrected chi connectivity index (χ2v) is 3.94. The maximum Gasteiger partial charge on any atom is 0.328 e. The zero-order chi connectivity index (χ0) is 10.8. The number of carbonyl (C=O) groups is 1. The van der Waals surface area contributed by atoms with E-state index in [2.05, 4.69) is 18.3 Å². The molecule has 1 aromatic rings. The zero-order valence-corrected chi connectivity index (χ0v) is 8.99. The number of nitrogens with one attached hydrogen (secondary N) is 1. The van der Waals surface area contributed by atoms with Gasteiger partial charge < -0.3 is 10.1 Å². The molecule has 0 saturated heterocycles. The minimum absolute atomic E-state index is 0.184. The van der Waals surface area contributed by atoms with Gasteiger partial charge in [-0.1, -0.05) is 25.1 Å². The Morgan fingerprint density at radius 1 is 1.47 bits per heavy atom. The Bertz CT molecular complexity index is 376. The van der Waals surface area contributed by atoms with Gasteiger partial charge in [0.1, 0.15) is 6.04 Å². The molecule has 80 valence electrons. The van der Waals surface area contributed by atoms with E-state index in [-0.39, 0.29) is 12.0 Å². The predicted octanol–water partition coefficient (Wildman–Crippen LogP) is 2.15. The molecule has 3 heteroatoms. The predicted molar refractivity (Wildman–Crippen MR) is 58.9 cm³/mol. The van der Waals surface area contributed by atoms with Crippen molar-refractivity contribution in [2.75, 3.05) is 12.4 Å². The highest BCUT2D eigenvalue weighted by atomic mass is 16.5. The average molecular weight is 205 g/mol. The molecule has 15 heavy (non-hydrogen) atoms. The fourth-order valence-corrected chi connectivity index (χ4v) is 2.08. The lowest BCUT2D eigenvalue weighted by molar-refractivity contribution is -0.141. The van der Waals surface area contributed by atoms with E-state index in [0.717, 1.165) is 12.1 Å². The molecule has 0 saturated carbocycles. The summed E-state index contributed by atoms with van der Waals surface area (Å²) in [6, 6.07) is 7.88. The van der Waals surface area contributed by atoms with Crippen LogP contribution >= 0.6 is 0 Å². The molecule has 0 bridgehead atoms. The number of fused-ring (bicyclic) bond motifs is 1. The van der Waals surface area contributed by atoms with Crippen LogP contribution in [0.3, 0.4) is 0 Å². The Kier molecular flexibility index (Phi) is 2.62. The lowest BCUT2D eigenvalue weighted by Crippen LogP contribution is -2.35. The van der Waals surface area contributed by atoms with Crippen LogP contribution in [0.5, 0.6) is 0 Å². The monoisotopic (exact) mass is 205 g/mol. The van der Waals surface area contributed by atoms with Crippen molar-refractivity contribution in [1.29, 1.82) is 0 Å². The van der Waals surface area contributed by atoms with Crippen LogP contribution in [0.25, 0.3) is 0 Å². The van der Waals surface area contributed by atoms with Crippen molar-refractivity contribution in [2.24, 2.45) is 0 Å². The molecule has 1 aliphatic heterocycles. The molecule has 0 amide bonds. The van der Waals surface area contributed by atoms with Crippen molar-refractivity contribution in [2.45, 2.75) is 25.3 Å². The Morgan fingerprint density at radius 2 is 2.20 bits per heavy atom. The number of rotatable bonds is 1. The summed E-state index contributed by atoms with van der Waals surface area (Å²) in [5.74, 6) is 0.211. The summed E-state index contributed by atoms with van der Waals surface area (Å²) in [7, 11) is 1.43. The quantitative estimate of drug-likeness (QED) is 0.714. The molecule has 1 N–H and O–H groups in total. The van der Waals surface area contributed by atoms with Gasteiger partial charge in [0.25, 0.3) is 0 Å². The lowest BCUT2D eigenvalue weighted by Gasteiger charge is -2.29. The summed E-state index contributed by atoms with van der Waals surface area (Å²) in [5, 5.41) is 3.20. The molecule has 0 radical (unpaired) electrons. The van der Waals surface area contributed by atoms with Crippen LogP contribution in [0.4, 0.5) is 5.69 Å². The maximum absolute atomic E-state index is 11.4. The molecule has 2 rings (SSSR count). The number of ether oxygens (including phenoxy) is 1. The number of carbonyl (C=O) groups excluding carboxylic acids is 1. The van der Waals surface area contributed by atoms with Crippen LogP contribution in [0.1, 0.15) is 24.8 Å². The fraction of sp³-hybridized carbons (Fsp3) is 0.417. The minimum atomic E-state index is -0.208. The summed E-state index contributed by atoms with van der Waals surface area (Å²) in [6.07, 6.45) is 0.795. The van der Waals surface area contributed by atoms with Gasteiger partial charge in [0.2, 0.25) is 0 Å². The highest BCUT2D eigenvalue weighted by molar-refractivity contribution is 5.80. The third kappa shape index (κ3) is 1.82. The van der Waals surface area contributed by atoms with E-state index in [9.17, 15) is 4.79 Å². The second-order valence-electron chi connectivity index (χ2n) is 3.94. The van der Waals surface area contributed by atoms with Gasteiger partial charge in [-0.05, 0) is 24.0 Å². The number of benzene rings is 1. The molecule has 0 aliphatic carbocycles. The molecule has 1 heterocycles. The van der Waals surface area contributed by atoms with E-state index >= 15 is 0 Å². The maximum atomic E-state index is 11.4. The minimum Gasteiger partial charge on any atom is -0.467 e. The standard InChI is InChI=1S/C12H15NO2/c1-8-7-11(12(14)15-2)13-10-6-4-3-5-9(8)10/h3-6,8,11,13H,7H2,1-2H3. The topological polar surface area (TPSA) is 38.3 Å². The normalized spacial score (nSPS) is 23.9. The van der Waals surface area contributed by atoms with Crippen LogP contribution in [0.2, 0.25) is 0 Å². The first-order chi connectivity index (χ1) is 7.22. The van der Waals surface area contributed by atoms with Crippen molar-refractivity contribution in [3.63, 3.8) is 0 Å². The largest absolute Gasteiger partial charge is 0.467 e. The molecule has 2 atom stereocenters. The fourth-order valence-electron chi connectivity index (χ4n) is 2.08. The Hall–Kier alpha value is -1.51. The van der Waals surface area contributed by atoms with E-state index in [4.69, 9.17) is 4.74 Å². The summed E-state index contributed by atoms with van der Waals surface area (Å²) < 4.78 is 4.75. The van der Waals surface area contributed by atoms with Crippen molar-refractivity contribution in [1.82, 2.24) is 0 Å². The van der Waals surface area contributed by atoms with Crippen molar-refractivity contribution in [3.05, 3.63) is 29.8 Å². The molecular weight excluding hydrogens is 190 g/mol. The van der Waals surface area contributed by atoms with Crippen molar-refractivity contribution >= 4 is 11.7 Å². The molecule has 2 unspecified atom stereocenters. The lowest BCUT2D eigenvalue weighted by atomic mass is 9.88. The van der Waals surface area contributed by atoms with E-state index in [1.807, 2.05) is 18.2 Å². The Morgan fingerprint density at radius 3 is 2.93 bits per heavy atom. The average Bonchev–Trinajstić information content (AvgIpc) is 2.28. The third-order valence-electron chi connectivity index (χ3n) is 2.90. The SMILES string of the molecule is COC(=O)C1CC(C)c2ccccc2N1. The summed E-state index contributed by atoms with van der Waals surface area (Å²) in [6.45, 7) is 2.13. The van der Waals surface area contributed by atoms with Crippen LogP contribution < -0.4 is 5.32 Å². The summed E-state index contributed by atoms with van der Waals surface area (Å²) >= 11 is 0.